The molecule has 0 saturated heterocycles. The molecular weight excluding hydrogens is 590 g/mol. The van der Waals surface area contributed by atoms with E-state index in [2.05, 4.69) is 10.0 Å². The number of benzene rings is 3. The Balaban J connectivity index is 1.33. The summed E-state index contributed by atoms with van der Waals surface area (Å²) in [6, 6.07) is 19.0. The third-order valence-electron chi connectivity index (χ3n) is 6.07. The Bertz CT molecular complexity index is 1460. The van der Waals surface area contributed by atoms with Gasteiger partial charge in [0.25, 0.3) is 0 Å². The lowest BCUT2D eigenvalue weighted by molar-refractivity contribution is 0.0570. The molecule has 0 aliphatic carbocycles. The van der Waals surface area contributed by atoms with Gasteiger partial charge >= 0.3 is 16.3 Å². The number of aromatic hydroxyl groups is 1. The van der Waals surface area contributed by atoms with E-state index < -0.39 is 28.0 Å². The summed E-state index contributed by atoms with van der Waals surface area (Å²) >= 11 is 0. The Morgan fingerprint density at radius 1 is 0.977 bits per heavy atom. The van der Waals surface area contributed by atoms with Crippen LogP contribution in [0.15, 0.2) is 66.7 Å². The maximum absolute atomic E-state index is 12.2. The standard InChI is InChI=1S/C31H41N3O9S/c1-31(2,3)43-30(38)34-44(39,40)33-26-6-4-5-23(17-26)21-41-15-16-42-27-10-7-22(8-11-27)13-14-32-19-29(37)24-9-12-28(36)25(18-24)20-35/h4-12,17-18,29,32-33,35-37H,13-16,19-21H2,1-3H3,(H,34,38)/t29-/m0/s1. The molecule has 240 valence electrons. The number of hydrogen-bond acceptors (Lipinski definition) is 10. The highest BCUT2D eigenvalue weighted by molar-refractivity contribution is 7.91. The maximum atomic E-state index is 12.2. The van der Waals surface area contributed by atoms with Gasteiger partial charge in [0.15, 0.2) is 0 Å². The highest BCUT2D eigenvalue weighted by Gasteiger charge is 2.21. The van der Waals surface area contributed by atoms with Gasteiger partial charge in [0.1, 0.15) is 23.7 Å². The SMILES string of the molecule is CC(C)(C)OC(=O)NS(=O)(=O)Nc1cccc(COCCOc2ccc(CCNC[C@H](O)c3ccc(O)c(CO)c3)cc2)c1. The van der Waals surface area contributed by atoms with Crippen LogP contribution in [0.3, 0.4) is 0 Å². The molecule has 1 atom stereocenters. The minimum atomic E-state index is -4.17. The number of anilines is 1. The molecule has 0 radical (unpaired) electrons. The van der Waals surface area contributed by atoms with Crippen LogP contribution in [0.2, 0.25) is 0 Å². The summed E-state index contributed by atoms with van der Waals surface area (Å²) in [5.74, 6) is 0.696. The Morgan fingerprint density at radius 2 is 1.73 bits per heavy atom. The number of aliphatic hydroxyl groups is 2. The van der Waals surface area contributed by atoms with Crippen molar-refractivity contribution in [2.45, 2.75) is 52.1 Å². The molecule has 0 aromatic heterocycles. The summed E-state index contributed by atoms with van der Waals surface area (Å²) < 4.78 is 44.9. The summed E-state index contributed by atoms with van der Waals surface area (Å²) in [5, 5.41) is 32.5. The van der Waals surface area contributed by atoms with Crippen molar-refractivity contribution in [3.63, 3.8) is 0 Å². The highest BCUT2D eigenvalue weighted by Crippen LogP contribution is 2.22. The summed E-state index contributed by atoms with van der Waals surface area (Å²) in [6.45, 7) is 6.44. The molecule has 1 amide bonds. The minimum Gasteiger partial charge on any atom is -0.508 e. The van der Waals surface area contributed by atoms with Crippen molar-refractivity contribution in [2.75, 3.05) is 31.0 Å². The second-order valence-corrected chi connectivity index (χ2v) is 12.4. The van der Waals surface area contributed by atoms with Crippen LogP contribution in [0.1, 0.15) is 49.1 Å². The monoisotopic (exact) mass is 631 g/mol. The molecule has 0 saturated carbocycles. The van der Waals surface area contributed by atoms with E-state index >= 15 is 0 Å². The third-order valence-corrected chi connectivity index (χ3v) is 7.01. The zero-order valence-corrected chi connectivity index (χ0v) is 25.9. The lowest BCUT2D eigenvalue weighted by Crippen LogP contribution is -2.39. The summed E-state index contributed by atoms with van der Waals surface area (Å²) in [4.78, 5) is 11.8. The van der Waals surface area contributed by atoms with Gasteiger partial charge in [0.2, 0.25) is 0 Å². The van der Waals surface area contributed by atoms with Crippen molar-refractivity contribution >= 4 is 22.0 Å². The quantitative estimate of drug-likeness (QED) is 0.128. The van der Waals surface area contributed by atoms with E-state index in [4.69, 9.17) is 14.2 Å². The molecule has 0 aliphatic rings. The van der Waals surface area contributed by atoms with Crippen molar-refractivity contribution in [1.29, 1.82) is 0 Å². The fourth-order valence-electron chi connectivity index (χ4n) is 4.00. The number of amides is 1. The Labute approximate surface area is 258 Å². The fraction of sp³-hybridized carbons (Fsp3) is 0.387. The van der Waals surface area contributed by atoms with Gasteiger partial charge in [-0.3, -0.25) is 4.72 Å². The van der Waals surface area contributed by atoms with E-state index in [1.165, 1.54) is 6.07 Å². The third kappa shape index (κ3) is 12.4. The molecule has 0 fully saturated rings. The van der Waals surface area contributed by atoms with Gasteiger partial charge in [0.05, 0.1) is 31.6 Å². The van der Waals surface area contributed by atoms with E-state index in [1.54, 1.807) is 57.2 Å². The normalized spacial score (nSPS) is 12.4. The average Bonchev–Trinajstić information content (AvgIpc) is 2.94. The van der Waals surface area contributed by atoms with Crippen molar-refractivity contribution < 1.29 is 42.7 Å². The van der Waals surface area contributed by atoms with Gasteiger partial charge in [-0.2, -0.15) is 8.42 Å². The average molecular weight is 632 g/mol. The Morgan fingerprint density at radius 3 is 2.43 bits per heavy atom. The van der Waals surface area contributed by atoms with Crippen LogP contribution in [0.4, 0.5) is 10.5 Å². The van der Waals surface area contributed by atoms with Crippen LogP contribution >= 0.6 is 0 Å². The fourth-order valence-corrected chi connectivity index (χ4v) is 4.75. The number of nitrogens with one attached hydrogen (secondary N) is 3. The number of carbonyl (C=O) groups is 1. The number of rotatable bonds is 16. The van der Waals surface area contributed by atoms with Crippen LogP contribution in [0, 0.1) is 0 Å². The second kappa shape index (κ2) is 16.3. The van der Waals surface area contributed by atoms with E-state index in [0.717, 1.165) is 17.5 Å². The molecule has 6 N–H and O–H groups in total. The molecule has 0 heterocycles. The summed E-state index contributed by atoms with van der Waals surface area (Å²) in [7, 11) is -4.17. The molecule has 3 aromatic carbocycles. The van der Waals surface area contributed by atoms with E-state index in [-0.39, 0.29) is 24.7 Å². The molecular formula is C31H41N3O9S. The zero-order chi connectivity index (χ0) is 32.2. The van der Waals surface area contributed by atoms with Gasteiger partial charge in [-0.05, 0) is 86.8 Å². The van der Waals surface area contributed by atoms with Crippen molar-refractivity contribution in [1.82, 2.24) is 10.0 Å². The summed E-state index contributed by atoms with van der Waals surface area (Å²) in [6.07, 6.45) is -1.09. The van der Waals surface area contributed by atoms with Crippen LogP contribution in [0.5, 0.6) is 11.5 Å². The van der Waals surface area contributed by atoms with Gasteiger partial charge in [0, 0.05) is 12.1 Å². The van der Waals surface area contributed by atoms with Gasteiger partial charge in [-0.25, -0.2) is 9.52 Å². The lowest BCUT2D eigenvalue weighted by Gasteiger charge is -2.19. The van der Waals surface area contributed by atoms with E-state index in [1.807, 2.05) is 29.0 Å². The molecule has 0 aliphatic heterocycles. The number of hydrogen-bond donors (Lipinski definition) is 6. The molecule has 3 aromatic rings. The smallest absolute Gasteiger partial charge is 0.422 e. The predicted octanol–water partition coefficient (Wildman–Crippen LogP) is 3.53. The lowest BCUT2D eigenvalue weighted by atomic mass is 10.1. The van der Waals surface area contributed by atoms with Crippen molar-refractivity contribution in [3.8, 4) is 11.5 Å². The summed E-state index contributed by atoms with van der Waals surface area (Å²) in [5.41, 5.74) is 2.25. The Hall–Kier alpha value is -3.88. The molecule has 0 spiro atoms. The molecule has 0 unspecified atom stereocenters. The first-order valence-corrected chi connectivity index (χ1v) is 15.6. The van der Waals surface area contributed by atoms with Gasteiger partial charge in [-0.1, -0.05) is 30.3 Å². The van der Waals surface area contributed by atoms with E-state index in [9.17, 15) is 28.5 Å². The second-order valence-electron chi connectivity index (χ2n) is 11.0. The first-order chi connectivity index (χ1) is 20.8. The van der Waals surface area contributed by atoms with Crippen LogP contribution in [-0.4, -0.2) is 61.7 Å². The van der Waals surface area contributed by atoms with Crippen LogP contribution in [0.25, 0.3) is 0 Å². The first kappa shape index (κ1) is 34.6. The van der Waals surface area contributed by atoms with Crippen molar-refractivity contribution in [3.05, 3.63) is 89.0 Å². The van der Waals surface area contributed by atoms with Gasteiger partial charge in [-0.15, -0.1) is 0 Å². The Kier molecular flexibility index (Phi) is 12.8. The van der Waals surface area contributed by atoms with E-state index in [0.29, 0.717) is 43.2 Å². The number of carbonyl (C=O) groups excluding carboxylic acids is 1. The predicted molar refractivity (Wildman–Crippen MR) is 166 cm³/mol. The van der Waals surface area contributed by atoms with Crippen LogP contribution in [-0.2, 0) is 39.3 Å². The first-order valence-electron chi connectivity index (χ1n) is 14.1. The molecule has 12 nitrogen and oxygen atoms in total. The number of phenols is 1. The number of ether oxygens (including phenoxy) is 3. The molecule has 0 bridgehead atoms. The molecule has 44 heavy (non-hydrogen) atoms. The van der Waals surface area contributed by atoms with Crippen LogP contribution < -0.4 is 19.5 Å². The van der Waals surface area contributed by atoms with Crippen molar-refractivity contribution in [2.24, 2.45) is 0 Å². The molecule has 3 rings (SSSR count). The largest absolute Gasteiger partial charge is 0.508 e. The maximum Gasteiger partial charge on any atom is 0.422 e. The highest BCUT2D eigenvalue weighted by atomic mass is 32.2. The molecule has 13 heteroatoms. The topological polar surface area (TPSA) is 176 Å². The zero-order valence-electron chi connectivity index (χ0n) is 25.1. The van der Waals surface area contributed by atoms with Gasteiger partial charge < -0.3 is 34.8 Å². The minimum absolute atomic E-state index is 0.000242. The number of aliphatic hydroxyl groups excluding tert-OH is 2.